The second-order valence-electron chi connectivity index (χ2n) is 7.89. The lowest BCUT2D eigenvalue weighted by Gasteiger charge is -2.43. The van der Waals surface area contributed by atoms with E-state index in [1.165, 1.54) is 18.5 Å². The Labute approximate surface area is 183 Å². The molecule has 0 bridgehead atoms. The second-order valence-corrected chi connectivity index (χ2v) is 13.2. The van der Waals surface area contributed by atoms with Crippen LogP contribution in [0.15, 0.2) is 0 Å². The van der Waals surface area contributed by atoms with Crippen molar-refractivity contribution in [3.05, 3.63) is 0 Å². The summed E-state index contributed by atoms with van der Waals surface area (Å²) >= 11 is 0. The fourth-order valence-electron chi connectivity index (χ4n) is 3.06. The van der Waals surface area contributed by atoms with Crippen molar-refractivity contribution in [1.29, 1.82) is 0 Å². The van der Waals surface area contributed by atoms with E-state index < -0.39 is 27.3 Å². The van der Waals surface area contributed by atoms with E-state index >= 15 is 0 Å². The highest BCUT2D eigenvalue weighted by Gasteiger charge is 2.41. The van der Waals surface area contributed by atoms with Gasteiger partial charge in [0.25, 0.3) is 7.52 Å². The van der Waals surface area contributed by atoms with E-state index in [9.17, 15) is 9.13 Å². The summed E-state index contributed by atoms with van der Waals surface area (Å²) in [5.74, 6) is 0. The summed E-state index contributed by atoms with van der Waals surface area (Å²) in [5.41, 5.74) is 0. The molecule has 6 atom stereocenters. The number of rotatable bonds is 10. The minimum Gasteiger partial charge on any atom is -0.380 e. The SMILES string of the molecule is [B][B][C@H]1CNC[C@@H](CO[P@](=O)(N(C)C)N2C[C@@H](CO[P@](C)(=O)N(C)C)O[C@@H]([B])C2)O1. The molecule has 0 unspecified atom stereocenters. The third-order valence-corrected chi connectivity index (χ3v) is 9.61. The molecule has 2 rings (SSSR count). The molecule has 167 valence electrons. The van der Waals surface area contributed by atoms with Crippen LogP contribution < -0.4 is 5.32 Å². The van der Waals surface area contributed by atoms with Crippen molar-refractivity contribution in [3.63, 3.8) is 0 Å². The maximum atomic E-state index is 13.8. The average molecular weight is 459 g/mol. The molecule has 0 spiro atoms. The summed E-state index contributed by atoms with van der Waals surface area (Å²) in [4.78, 5) is 0. The molecule has 0 saturated carbocycles. The molecule has 10 nitrogen and oxygen atoms in total. The Kier molecular flexibility index (Phi) is 10.2. The topological polar surface area (TPSA) is 92.8 Å². The van der Waals surface area contributed by atoms with Crippen LogP contribution in [0.5, 0.6) is 0 Å². The Hall–Kier alpha value is 0.335. The zero-order valence-corrected chi connectivity index (χ0v) is 20.3. The van der Waals surface area contributed by atoms with Crippen molar-refractivity contribution < 1.29 is 27.7 Å². The summed E-state index contributed by atoms with van der Waals surface area (Å²) in [6, 6.07) is -0.894. The molecular weight excluding hydrogens is 427 g/mol. The Morgan fingerprint density at radius 2 is 1.73 bits per heavy atom. The lowest BCUT2D eigenvalue weighted by molar-refractivity contribution is -0.0550. The Morgan fingerprint density at radius 1 is 1.07 bits per heavy atom. The summed E-state index contributed by atoms with van der Waals surface area (Å²) in [5, 5.41) is 3.21. The zero-order chi connectivity index (χ0) is 22.5. The van der Waals surface area contributed by atoms with Crippen LogP contribution in [0.1, 0.15) is 0 Å². The number of ether oxygens (including phenoxy) is 2. The van der Waals surface area contributed by atoms with Gasteiger partial charge >= 0.3 is 7.67 Å². The summed E-state index contributed by atoms with van der Waals surface area (Å²) in [7, 11) is 13.5. The van der Waals surface area contributed by atoms with Crippen molar-refractivity contribution >= 4 is 37.9 Å². The quantitative estimate of drug-likeness (QED) is 0.337. The molecule has 1 N–H and O–H groups in total. The maximum Gasteiger partial charge on any atom is 0.345 e. The van der Waals surface area contributed by atoms with E-state index in [1.54, 1.807) is 37.5 Å². The Balaban J connectivity index is 2.02. The van der Waals surface area contributed by atoms with Gasteiger partial charge in [0.05, 0.1) is 32.6 Å². The number of nitrogens with one attached hydrogen (secondary N) is 1. The van der Waals surface area contributed by atoms with Crippen LogP contribution in [0.3, 0.4) is 0 Å². The molecule has 0 aromatic heterocycles. The third kappa shape index (κ3) is 7.17. The molecular formula is C15H32B3N4O6P2. The van der Waals surface area contributed by atoms with Gasteiger partial charge in [-0.3, -0.25) is 9.13 Å². The van der Waals surface area contributed by atoms with Gasteiger partial charge in [-0.05, 0) is 28.2 Å². The molecule has 0 aromatic carbocycles. The zero-order valence-electron chi connectivity index (χ0n) is 18.5. The van der Waals surface area contributed by atoms with Crippen LogP contribution in [-0.2, 0) is 27.7 Å². The fourth-order valence-corrected chi connectivity index (χ4v) is 5.75. The van der Waals surface area contributed by atoms with Gasteiger partial charge in [0.1, 0.15) is 7.85 Å². The molecule has 2 saturated heterocycles. The first-order valence-electron chi connectivity index (χ1n) is 9.88. The third-order valence-electron chi connectivity index (χ3n) is 4.99. The van der Waals surface area contributed by atoms with Crippen LogP contribution in [0.25, 0.3) is 0 Å². The fraction of sp³-hybridized carbons (Fsp3) is 1.00. The molecule has 2 heterocycles. The smallest absolute Gasteiger partial charge is 0.345 e. The normalized spacial score (nSPS) is 32.6. The van der Waals surface area contributed by atoms with Crippen molar-refractivity contribution in [2.24, 2.45) is 0 Å². The van der Waals surface area contributed by atoms with E-state index in [0.29, 0.717) is 13.1 Å². The lowest BCUT2D eigenvalue weighted by atomic mass is 9.51. The molecule has 5 radical (unpaired) electrons. The van der Waals surface area contributed by atoms with Crippen LogP contribution in [0.4, 0.5) is 0 Å². The van der Waals surface area contributed by atoms with E-state index in [2.05, 4.69) is 5.32 Å². The molecule has 2 fully saturated rings. The van der Waals surface area contributed by atoms with Crippen LogP contribution in [0, 0.1) is 0 Å². The molecule has 0 aliphatic carbocycles. The van der Waals surface area contributed by atoms with E-state index in [0.717, 1.165) is 0 Å². The van der Waals surface area contributed by atoms with Gasteiger partial charge in [-0.2, -0.15) is 0 Å². The molecule has 2 aliphatic rings. The van der Waals surface area contributed by atoms with E-state index in [4.69, 9.17) is 34.1 Å². The number of hydrogen-bond acceptors (Lipinski definition) is 7. The largest absolute Gasteiger partial charge is 0.380 e. The molecule has 2 aliphatic heterocycles. The van der Waals surface area contributed by atoms with Crippen molar-refractivity contribution in [1.82, 2.24) is 19.3 Å². The Bertz CT molecular complexity index is 649. The molecule has 30 heavy (non-hydrogen) atoms. The van der Waals surface area contributed by atoms with E-state index in [-0.39, 0.29) is 38.4 Å². The molecule has 0 amide bonds. The second kappa shape index (κ2) is 11.5. The van der Waals surface area contributed by atoms with Gasteiger partial charge < -0.3 is 23.8 Å². The minimum atomic E-state index is -3.40. The summed E-state index contributed by atoms with van der Waals surface area (Å²) < 4.78 is 54.0. The average Bonchev–Trinajstić information content (AvgIpc) is 2.70. The van der Waals surface area contributed by atoms with Gasteiger partial charge in [-0.15, -0.1) is 0 Å². The van der Waals surface area contributed by atoms with E-state index in [1.807, 2.05) is 0 Å². The van der Waals surface area contributed by atoms with Gasteiger partial charge in [-0.25, -0.2) is 14.0 Å². The van der Waals surface area contributed by atoms with Crippen molar-refractivity contribution in [3.8, 4) is 0 Å². The number of morpholine rings is 2. The van der Waals surface area contributed by atoms with Gasteiger partial charge in [-0.1, -0.05) is 0 Å². The summed E-state index contributed by atoms with van der Waals surface area (Å²) in [6.07, 6.45) is -0.778. The van der Waals surface area contributed by atoms with Gasteiger partial charge in [0, 0.05) is 52.6 Å². The number of hydrogen-bond donors (Lipinski definition) is 1. The van der Waals surface area contributed by atoms with Crippen molar-refractivity contribution in [2.75, 3.05) is 74.2 Å². The lowest BCUT2D eigenvalue weighted by Crippen LogP contribution is -2.51. The highest BCUT2D eigenvalue weighted by Crippen LogP contribution is 2.54. The molecule has 0 aromatic rings. The monoisotopic (exact) mass is 459 g/mol. The van der Waals surface area contributed by atoms with Gasteiger partial charge in [0.2, 0.25) is 0 Å². The first kappa shape index (κ1) is 26.6. The van der Waals surface area contributed by atoms with Crippen LogP contribution >= 0.6 is 15.2 Å². The van der Waals surface area contributed by atoms with Crippen LogP contribution in [0.2, 0.25) is 0 Å². The molecule has 15 heteroatoms. The standard InChI is InChI=1S/C15H32B3N4O6P2/c1-20(2)29(5,23)25-11-13-8-22(9-14(16)27-13)30(24,21(3)4)26-10-12-6-19-7-15(18-17)28-12/h12-15,19H,6-11H2,1-5H3/t12-,13-,14+,15+,29-,30+/m0/s1. The van der Waals surface area contributed by atoms with Crippen molar-refractivity contribution in [2.45, 2.75) is 24.2 Å². The minimum absolute atomic E-state index is 0.0628. The highest BCUT2D eigenvalue weighted by molar-refractivity contribution is 7.55. The predicted molar refractivity (Wildman–Crippen MR) is 119 cm³/mol. The summed E-state index contributed by atoms with van der Waals surface area (Å²) in [6.45, 7) is 3.43. The van der Waals surface area contributed by atoms with Crippen LogP contribution in [-0.4, -0.2) is 135 Å². The highest BCUT2D eigenvalue weighted by atomic mass is 31.2. The first-order chi connectivity index (χ1) is 14.0. The first-order valence-corrected chi connectivity index (χ1v) is 13.4. The Morgan fingerprint density at radius 3 is 2.33 bits per heavy atom. The number of nitrogens with zero attached hydrogens (tertiary/aromatic N) is 3. The maximum absolute atomic E-state index is 13.8. The predicted octanol–water partition coefficient (Wildman–Crippen LogP) is -0.629. The van der Waals surface area contributed by atoms with Gasteiger partial charge in [0.15, 0.2) is 0 Å².